The van der Waals surface area contributed by atoms with E-state index in [1.165, 1.54) is 27.8 Å². The standard InChI is InChI=1S/C13H18/c1-9(2)6-13-7-10(3)12(5)11(4)8-13/h6-8H,1-5H3. The van der Waals surface area contributed by atoms with Gasteiger partial charge in [0.05, 0.1) is 0 Å². The molecule has 1 aromatic rings. The van der Waals surface area contributed by atoms with E-state index in [9.17, 15) is 0 Å². The van der Waals surface area contributed by atoms with E-state index < -0.39 is 0 Å². The molecule has 70 valence electrons. The fourth-order valence-corrected chi connectivity index (χ4v) is 1.49. The van der Waals surface area contributed by atoms with E-state index in [1.54, 1.807) is 0 Å². The second-order valence-electron chi connectivity index (χ2n) is 4.00. The zero-order valence-corrected chi connectivity index (χ0v) is 9.23. The van der Waals surface area contributed by atoms with Crippen LogP contribution in [0.2, 0.25) is 0 Å². The zero-order chi connectivity index (χ0) is 10.0. The third-order valence-electron chi connectivity index (χ3n) is 2.40. The Labute approximate surface area is 81.3 Å². The average Bonchev–Trinajstić information content (AvgIpc) is 1.98. The van der Waals surface area contributed by atoms with Crippen LogP contribution < -0.4 is 0 Å². The lowest BCUT2D eigenvalue weighted by molar-refractivity contribution is 1.26. The van der Waals surface area contributed by atoms with Crippen molar-refractivity contribution in [3.8, 4) is 0 Å². The molecular formula is C13H18. The van der Waals surface area contributed by atoms with Crippen LogP contribution >= 0.6 is 0 Å². The maximum Gasteiger partial charge on any atom is -0.0252 e. The SMILES string of the molecule is CC(C)=Cc1cc(C)c(C)c(C)c1. The molecule has 0 spiro atoms. The molecule has 0 unspecified atom stereocenters. The highest BCUT2D eigenvalue weighted by atomic mass is 14.0. The topological polar surface area (TPSA) is 0 Å². The summed E-state index contributed by atoms with van der Waals surface area (Å²) in [7, 11) is 0. The summed E-state index contributed by atoms with van der Waals surface area (Å²) < 4.78 is 0. The van der Waals surface area contributed by atoms with Crippen molar-refractivity contribution in [1.29, 1.82) is 0 Å². The quantitative estimate of drug-likeness (QED) is 0.603. The van der Waals surface area contributed by atoms with Crippen molar-refractivity contribution in [3.63, 3.8) is 0 Å². The number of hydrogen-bond donors (Lipinski definition) is 0. The second-order valence-corrected chi connectivity index (χ2v) is 4.00. The van der Waals surface area contributed by atoms with Crippen LogP contribution in [-0.2, 0) is 0 Å². The number of allylic oxidation sites excluding steroid dienone is 1. The van der Waals surface area contributed by atoms with Crippen molar-refractivity contribution in [2.75, 3.05) is 0 Å². The third kappa shape index (κ3) is 2.45. The van der Waals surface area contributed by atoms with Crippen molar-refractivity contribution in [1.82, 2.24) is 0 Å². The normalized spacial score (nSPS) is 9.92. The van der Waals surface area contributed by atoms with Gasteiger partial charge in [0.15, 0.2) is 0 Å². The first-order valence-corrected chi connectivity index (χ1v) is 4.73. The molecule has 0 saturated heterocycles. The van der Waals surface area contributed by atoms with Crippen LogP contribution in [0.1, 0.15) is 36.1 Å². The van der Waals surface area contributed by atoms with E-state index in [1.807, 2.05) is 0 Å². The summed E-state index contributed by atoms with van der Waals surface area (Å²) in [5, 5.41) is 0. The maximum atomic E-state index is 2.25. The summed E-state index contributed by atoms with van der Waals surface area (Å²) in [5.41, 5.74) is 6.84. The Bertz CT molecular complexity index is 316. The van der Waals surface area contributed by atoms with Gasteiger partial charge in [-0.05, 0) is 56.9 Å². The highest BCUT2D eigenvalue weighted by Crippen LogP contribution is 2.17. The van der Waals surface area contributed by atoms with Crippen molar-refractivity contribution in [2.24, 2.45) is 0 Å². The molecule has 0 saturated carbocycles. The van der Waals surface area contributed by atoms with E-state index in [-0.39, 0.29) is 0 Å². The summed E-state index contributed by atoms with van der Waals surface area (Å²) in [6, 6.07) is 4.49. The van der Waals surface area contributed by atoms with Gasteiger partial charge in [0.2, 0.25) is 0 Å². The van der Waals surface area contributed by atoms with Crippen LogP contribution in [0.4, 0.5) is 0 Å². The number of benzene rings is 1. The molecule has 1 aromatic carbocycles. The molecule has 0 heterocycles. The van der Waals surface area contributed by atoms with Gasteiger partial charge in [-0.15, -0.1) is 0 Å². The van der Waals surface area contributed by atoms with Crippen molar-refractivity contribution >= 4 is 6.08 Å². The molecule has 0 heteroatoms. The molecule has 0 bridgehead atoms. The van der Waals surface area contributed by atoms with E-state index in [0.29, 0.717) is 0 Å². The van der Waals surface area contributed by atoms with Gasteiger partial charge in [-0.3, -0.25) is 0 Å². The van der Waals surface area contributed by atoms with Gasteiger partial charge >= 0.3 is 0 Å². The van der Waals surface area contributed by atoms with Crippen LogP contribution in [0.15, 0.2) is 17.7 Å². The second kappa shape index (κ2) is 3.78. The van der Waals surface area contributed by atoms with Crippen LogP contribution in [0.5, 0.6) is 0 Å². The minimum Gasteiger partial charge on any atom is -0.0758 e. The van der Waals surface area contributed by atoms with Gasteiger partial charge in [0, 0.05) is 0 Å². The molecule has 0 radical (unpaired) electrons. The van der Waals surface area contributed by atoms with Crippen LogP contribution in [0.25, 0.3) is 6.08 Å². The molecule has 0 amide bonds. The number of hydrogen-bond acceptors (Lipinski definition) is 0. The lowest BCUT2D eigenvalue weighted by Crippen LogP contribution is -1.87. The fraction of sp³-hybridized carbons (Fsp3) is 0.385. The molecule has 0 aromatic heterocycles. The smallest absolute Gasteiger partial charge is 0.0252 e. The largest absolute Gasteiger partial charge is 0.0758 e. The number of aryl methyl sites for hydroxylation is 2. The third-order valence-corrected chi connectivity index (χ3v) is 2.40. The highest BCUT2D eigenvalue weighted by molar-refractivity contribution is 5.55. The van der Waals surface area contributed by atoms with Crippen LogP contribution in [-0.4, -0.2) is 0 Å². The van der Waals surface area contributed by atoms with Gasteiger partial charge < -0.3 is 0 Å². The maximum absolute atomic E-state index is 2.25. The van der Waals surface area contributed by atoms with E-state index in [2.05, 4.69) is 52.8 Å². The Morgan fingerprint density at radius 3 is 1.85 bits per heavy atom. The van der Waals surface area contributed by atoms with Crippen molar-refractivity contribution in [3.05, 3.63) is 40.0 Å². The Morgan fingerprint density at radius 2 is 1.46 bits per heavy atom. The Kier molecular flexibility index (Phi) is 2.92. The molecule has 0 aliphatic rings. The first-order valence-electron chi connectivity index (χ1n) is 4.73. The molecule has 0 nitrogen and oxygen atoms in total. The summed E-state index contributed by atoms with van der Waals surface area (Å²) in [5.74, 6) is 0. The first kappa shape index (κ1) is 10.0. The van der Waals surface area contributed by atoms with E-state index in [4.69, 9.17) is 0 Å². The van der Waals surface area contributed by atoms with Gasteiger partial charge in [-0.25, -0.2) is 0 Å². The minimum absolute atomic E-state index is 1.32. The Morgan fingerprint density at radius 1 is 1.00 bits per heavy atom. The Balaban J connectivity index is 3.21. The van der Waals surface area contributed by atoms with Gasteiger partial charge in [0.25, 0.3) is 0 Å². The van der Waals surface area contributed by atoms with Gasteiger partial charge in [0.1, 0.15) is 0 Å². The summed E-state index contributed by atoms with van der Waals surface area (Å²) in [6.45, 7) is 10.8. The molecule has 0 fully saturated rings. The van der Waals surface area contributed by atoms with Gasteiger partial charge in [-0.2, -0.15) is 0 Å². The predicted octanol–water partition coefficient (Wildman–Crippen LogP) is 4.04. The molecule has 0 atom stereocenters. The fourth-order valence-electron chi connectivity index (χ4n) is 1.49. The van der Waals surface area contributed by atoms with Crippen molar-refractivity contribution in [2.45, 2.75) is 34.6 Å². The lowest BCUT2D eigenvalue weighted by atomic mass is 10.00. The van der Waals surface area contributed by atoms with E-state index in [0.717, 1.165) is 0 Å². The van der Waals surface area contributed by atoms with E-state index >= 15 is 0 Å². The van der Waals surface area contributed by atoms with Crippen LogP contribution in [0.3, 0.4) is 0 Å². The lowest BCUT2D eigenvalue weighted by Gasteiger charge is -2.06. The molecular weight excluding hydrogens is 156 g/mol. The number of rotatable bonds is 1. The monoisotopic (exact) mass is 174 g/mol. The minimum atomic E-state index is 1.32. The molecule has 1 rings (SSSR count). The molecule has 0 aliphatic heterocycles. The average molecular weight is 174 g/mol. The summed E-state index contributed by atoms with van der Waals surface area (Å²) in [4.78, 5) is 0. The van der Waals surface area contributed by atoms with Crippen LogP contribution in [0, 0.1) is 20.8 Å². The first-order chi connectivity index (χ1) is 6.00. The highest BCUT2D eigenvalue weighted by Gasteiger charge is 1.98. The molecule has 0 aliphatic carbocycles. The summed E-state index contributed by atoms with van der Waals surface area (Å²) >= 11 is 0. The molecule has 13 heavy (non-hydrogen) atoms. The predicted molar refractivity (Wildman–Crippen MR) is 60.0 cm³/mol. The zero-order valence-electron chi connectivity index (χ0n) is 9.23. The van der Waals surface area contributed by atoms with Gasteiger partial charge in [-0.1, -0.05) is 23.8 Å². The Hall–Kier alpha value is -1.04. The summed E-state index contributed by atoms with van der Waals surface area (Å²) in [6.07, 6.45) is 2.22. The van der Waals surface area contributed by atoms with Crippen molar-refractivity contribution < 1.29 is 0 Å². The molecule has 0 N–H and O–H groups in total.